The van der Waals surface area contributed by atoms with E-state index in [9.17, 15) is 4.79 Å². The first kappa shape index (κ1) is 21.2. The number of rotatable bonds is 5. The Morgan fingerprint density at radius 3 is 2.59 bits per heavy atom. The van der Waals surface area contributed by atoms with Crippen LogP contribution < -0.4 is 5.32 Å². The highest BCUT2D eigenvalue weighted by molar-refractivity contribution is 6.68. The van der Waals surface area contributed by atoms with Crippen molar-refractivity contribution in [3.63, 3.8) is 0 Å². The van der Waals surface area contributed by atoms with E-state index in [1.165, 1.54) is 38.8 Å². The van der Waals surface area contributed by atoms with Crippen LogP contribution in [-0.2, 0) is 4.74 Å². The Hall–Kier alpha value is -0.520. The number of fused-ring (bicyclic) bond motifs is 1. The van der Waals surface area contributed by atoms with Crippen LogP contribution in [0.2, 0.25) is 0 Å². The van der Waals surface area contributed by atoms with Crippen molar-refractivity contribution in [1.82, 2.24) is 10.2 Å². The molecule has 0 aliphatic carbocycles. The molecule has 2 heterocycles. The van der Waals surface area contributed by atoms with Crippen molar-refractivity contribution in [2.24, 2.45) is 5.92 Å². The summed E-state index contributed by atoms with van der Waals surface area (Å²) >= 11 is 18.3. The number of benzene rings is 1. The van der Waals surface area contributed by atoms with Gasteiger partial charge < -0.3 is 15.0 Å². The van der Waals surface area contributed by atoms with Crippen LogP contribution in [0.15, 0.2) is 24.3 Å². The number of hydrogen-bond acceptors (Lipinski definition) is 3. The van der Waals surface area contributed by atoms with Gasteiger partial charge in [0.15, 0.2) is 6.23 Å². The Labute approximate surface area is 176 Å². The molecule has 3 rings (SSSR count). The van der Waals surface area contributed by atoms with Crippen molar-refractivity contribution in [3.8, 4) is 0 Å². The van der Waals surface area contributed by atoms with Gasteiger partial charge in [-0.3, -0.25) is 4.79 Å². The Kier molecular flexibility index (Phi) is 7.32. The second kappa shape index (κ2) is 9.32. The third-order valence-electron chi connectivity index (χ3n) is 5.58. The maximum atomic E-state index is 12.5. The van der Waals surface area contributed by atoms with E-state index in [0.29, 0.717) is 24.1 Å². The number of piperidine rings is 2. The van der Waals surface area contributed by atoms with Crippen LogP contribution >= 0.6 is 34.8 Å². The van der Waals surface area contributed by atoms with Crippen LogP contribution in [0.3, 0.4) is 0 Å². The summed E-state index contributed by atoms with van der Waals surface area (Å²) in [7, 11) is 0. The van der Waals surface area contributed by atoms with E-state index < -0.39 is 10.0 Å². The van der Waals surface area contributed by atoms with Crippen LogP contribution in [0.1, 0.15) is 48.0 Å². The second-order valence-electron chi connectivity index (χ2n) is 7.60. The van der Waals surface area contributed by atoms with Gasteiger partial charge in [0.25, 0.3) is 5.91 Å². The van der Waals surface area contributed by atoms with E-state index in [2.05, 4.69) is 10.2 Å². The molecule has 3 unspecified atom stereocenters. The van der Waals surface area contributed by atoms with Crippen LogP contribution in [-0.4, -0.2) is 46.6 Å². The van der Waals surface area contributed by atoms with E-state index in [1.807, 2.05) is 19.1 Å². The molecule has 4 nitrogen and oxygen atoms in total. The third kappa shape index (κ3) is 5.74. The summed E-state index contributed by atoms with van der Waals surface area (Å²) in [6.45, 7) is 4.78. The lowest BCUT2D eigenvalue weighted by Gasteiger charge is -2.44. The molecule has 0 aromatic heterocycles. The molecule has 3 atom stereocenters. The molecule has 1 amide bonds. The van der Waals surface area contributed by atoms with E-state index in [0.717, 1.165) is 12.0 Å². The average Bonchev–Trinajstić information content (AvgIpc) is 2.64. The van der Waals surface area contributed by atoms with Gasteiger partial charge in [-0.2, -0.15) is 0 Å². The van der Waals surface area contributed by atoms with Crippen molar-refractivity contribution in [1.29, 1.82) is 0 Å². The van der Waals surface area contributed by atoms with Crippen LogP contribution in [0, 0.1) is 12.8 Å². The fourth-order valence-electron chi connectivity index (χ4n) is 4.12. The van der Waals surface area contributed by atoms with Gasteiger partial charge in [-0.15, -0.1) is 0 Å². The number of hydrogen-bond donors (Lipinski definition) is 1. The van der Waals surface area contributed by atoms with Gasteiger partial charge in [-0.05, 0) is 63.7 Å². The number of carbonyl (C=O) groups is 1. The normalized spacial score (nSPS) is 24.9. The molecule has 0 spiro atoms. The zero-order valence-electron chi connectivity index (χ0n) is 15.6. The minimum Gasteiger partial charge on any atom is -0.354 e. The highest BCUT2D eigenvalue weighted by Crippen LogP contribution is 2.34. The van der Waals surface area contributed by atoms with Gasteiger partial charge >= 0.3 is 0 Å². The van der Waals surface area contributed by atoms with Gasteiger partial charge in [-0.1, -0.05) is 58.9 Å². The largest absolute Gasteiger partial charge is 0.354 e. The number of ether oxygens (including phenoxy) is 1. The second-order valence-corrected chi connectivity index (χ2v) is 9.96. The topological polar surface area (TPSA) is 41.6 Å². The molecule has 0 saturated carbocycles. The van der Waals surface area contributed by atoms with E-state index >= 15 is 0 Å². The van der Waals surface area contributed by atoms with Gasteiger partial charge in [0.1, 0.15) is 0 Å². The smallest absolute Gasteiger partial charge is 0.253 e. The maximum absolute atomic E-state index is 12.5. The molecule has 2 aliphatic rings. The highest BCUT2D eigenvalue weighted by atomic mass is 35.6. The van der Waals surface area contributed by atoms with E-state index in [1.54, 1.807) is 12.1 Å². The van der Waals surface area contributed by atoms with Crippen molar-refractivity contribution in [2.45, 2.75) is 55.1 Å². The standard InChI is InChI=1S/C20H27Cl3N2O2/c1-14-7-9-15(10-8-14)18(26)24-19(20(21,22)23)27-13-16-5-4-12-25-11-3-2-6-17(16)25/h7-10,16-17,19H,2-6,11-13H2,1H3,(H,24,26). The quantitative estimate of drug-likeness (QED) is 0.540. The molecule has 2 fully saturated rings. The molecular formula is C20H27Cl3N2O2. The third-order valence-corrected chi connectivity index (χ3v) is 6.17. The number of amides is 1. The summed E-state index contributed by atoms with van der Waals surface area (Å²) in [5.74, 6) is 0.0967. The summed E-state index contributed by atoms with van der Waals surface area (Å²) < 4.78 is 4.22. The molecule has 1 N–H and O–H groups in total. The first-order valence-electron chi connectivity index (χ1n) is 9.64. The summed E-state index contributed by atoms with van der Waals surface area (Å²) in [4.78, 5) is 15.1. The van der Waals surface area contributed by atoms with Crippen LogP contribution in [0.25, 0.3) is 0 Å². The van der Waals surface area contributed by atoms with E-state index in [-0.39, 0.29) is 5.91 Å². The van der Waals surface area contributed by atoms with Crippen molar-refractivity contribution in [3.05, 3.63) is 35.4 Å². The Balaban J connectivity index is 1.61. The summed E-state index contributed by atoms with van der Waals surface area (Å²) in [5.41, 5.74) is 1.59. The first-order chi connectivity index (χ1) is 12.8. The number of nitrogens with zero attached hydrogens (tertiary/aromatic N) is 1. The van der Waals surface area contributed by atoms with Crippen molar-refractivity contribution >= 4 is 40.7 Å². The number of carbonyl (C=O) groups excluding carboxylic acids is 1. The minimum absolute atomic E-state index is 0.311. The SMILES string of the molecule is Cc1ccc(C(=O)NC(OCC2CCCN3CCCCC23)C(Cl)(Cl)Cl)cc1. The zero-order chi connectivity index (χ0) is 19.4. The molecule has 27 heavy (non-hydrogen) atoms. The highest BCUT2D eigenvalue weighted by Gasteiger charge is 2.38. The zero-order valence-corrected chi connectivity index (χ0v) is 17.9. The predicted octanol–water partition coefficient (Wildman–Crippen LogP) is 4.70. The van der Waals surface area contributed by atoms with Crippen molar-refractivity contribution in [2.75, 3.05) is 19.7 Å². The molecule has 0 bridgehead atoms. The number of aryl methyl sites for hydroxylation is 1. The molecule has 150 valence electrons. The Morgan fingerprint density at radius 1 is 1.19 bits per heavy atom. The lowest BCUT2D eigenvalue weighted by Crippen LogP contribution is -2.51. The average molecular weight is 434 g/mol. The van der Waals surface area contributed by atoms with Crippen LogP contribution in [0.4, 0.5) is 0 Å². The van der Waals surface area contributed by atoms with Crippen LogP contribution in [0.5, 0.6) is 0 Å². The summed E-state index contributed by atoms with van der Waals surface area (Å²) in [6, 6.07) is 7.79. The molecule has 1 aromatic rings. The van der Waals surface area contributed by atoms with E-state index in [4.69, 9.17) is 39.5 Å². The molecule has 7 heteroatoms. The Morgan fingerprint density at radius 2 is 1.89 bits per heavy atom. The molecule has 1 aromatic carbocycles. The summed E-state index contributed by atoms with van der Waals surface area (Å²) in [5, 5.41) is 2.73. The lowest BCUT2D eigenvalue weighted by molar-refractivity contribution is -0.0325. The maximum Gasteiger partial charge on any atom is 0.253 e. The molecule has 0 radical (unpaired) electrons. The number of alkyl halides is 3. The monoisotopic (exact) mass is 432 g/mol. The Bertz CT molecular complexity index is 631. The fourth-order valence-corrected chi connectivity index (χ4v) is 4.47. The lowest BCUT2D eigenvalue weighted by atomic mass is 9.84. The molecule has 2 saturated heterocycles. The van der Waals surface area contributed by atoms with Crippen molar-refractivity contribution < 1.29 is 9.53 Å². The molecular weight excluding hydrogens is 407 g/mol. The van der Waals surface area contributed by atoms with Gasteiger partial charge in [-0.25, -0.2) is 0 Å². The molecule has 2 aliphatic heterocycles. The first-order valence-corrected chi connectivity index (χ1v) is 10.8. The number of nitrogens with one attached hydrogen (secondary N) is 1. The van der Waals surface area contributed by atoms with Gasteiger partial charge in [0.05, 0.1) is 6.61 Å². The minimum atomic E-state index is -1.73. The van der Waals surface area contributed by atoms with Gasteiger partial charge in [0, 0.05) is 11.6 Å². The summed E-state index contributed by atoms with van der Waals surface area (Å²) in [6.07, 6.45) is 5.01. The fraction of sp³-hybridized carbons (Fsp3) is 0.650. The number of halogens is 3. The van der Waals surface area contributed by atoms with Gasteiger partial charge in [0.2, 0.25) is 3.79 Å². The predicted molar refractivity (Wildman–Crippen MR) is 111 cm³/mol.